The molecule has 0 aromatic heterocycles. The lowest BCUT2D eigenvalue weighted by Gasteiger charge is -2.68. The molecule has 5 aliphatic rings. The average Bonchev–Trinajstić information content (AvgIpc) is 2.67. The number of rotatable bonds is 0. The zero-order valence-corrected chi connectivity index (χ0v) is 21.6. The van der Waals surface area contributed by atoms with Crippen LogP contribution in [0.2, 0.25) is 0 Å². The van der Waals surface area contributed by atoms with Crippen molar-refractivity contribution in [1.82, 2.24) is 0 Å². The van der Waals surface area contributed by atoms with E-state index in [1.54, 1.807) is 11.1 Å². The summed E-state index contributed by atoms with van der Waals surface area (Å²) in [5, 5.41) is 0. The summed E-state index contributed by atoms with van der Waals surface area (Å²) in [7, 11) is 0. The lowest BCUT2D eigenvalue weighted by molar-refractivity contribution is -0.167. The number of hydrogen-bond donors (Lipinski definition) is 0. The molecule has 0 aromatic carbocycles. The van der Waals surface area contributed by atoms with Gasteiger partial charge in [0.15, 0.2) is 0 Å². The third kappa shape index (κ3) is 2.64. The van der Waals surface area contributed by atoms with Crippen molar-refractivity contribution in [2.45, 2.75) is 113 Å². The van der Waals surface area contributed by atoms with Crippen LogP contribution in [0.25, 0.3) is 0 Å². The van der Waals surface area contributed by atoms with Crippen molar-refractivity contribution < 1.29 is 4.79 Å². The second-order valence-electron chi connectivity index (χ2n) is 14.6. The van der Waals surface area contributed by atoms with Crippen LogP contribution in [0.3, 0.4) is 0 Å². The Morgan fingerprint density at radius 3 is 2.23 bits per heavy atom. The Hall–Kier alpha value is -0.850. The van der Waals surface area contributed by atoms with Gasteiger partial charge in [-0.3, -0.25) is 4.79 Å². The van der Waals surface area contributed by atoms with E-state index < -0.39 is 0 Å². The summed E-state index contributed by atoms with van der Waals surface area (Å²) in [6, 6.07) is 0. The van der Waals surface area contributed by atoms with Gasteiger partial charge < -0.3 is 0 Å². The SMILES string of the molecule is CC1(C)CCC2(C)CCC3(C)C(=C2C1)C=CC1C2(C)CCC(=O)C(C)(C)C2CCC13C. The standard InChI is InChI=1S/C30H46O/c1-25(2)15-16-27(5)17-18-29(7)20(21(27)19-25)9-10-23-28(6)13-12-24(31)26(3,4)22(28)11-14-30(23,29)8/h9-10,22-23H,11-19H2,1-8H3. The highest BCUT2D eigenvalue weighted by Crippen LogP contribution is 2.73. The molecular formula is C30H46O. The molecule has 0 radical (unpaired) electrons. The molecule has 0 bridgehead atoms. The molecule has 0 aromatic rings. The number of Topliss-reactive ketones (excluding diaryl/α,β-unsaturated/α-hetero) is 1. The molecule has 0 heterocycles. The van der Waals surface area contributed by atoms with E-state index >= 15 is 0 Å². The van der Waals surface area contributed by atoms with Gasteiger partial charge in [-0.25, -0.2) is 0 Å². The van der Waals surface area contributed by atoms with Gasteiger partial charge in [-0.15, -0.1) is 0 Å². The summed E-state index contributed by atoms with van der Waals surface area (Å²) in [6.07, 6.45) is 16.3. The van der Waals surface area contributed by atoms with Gasteiger partial charge in [0.05, 0.1) is 0 Å². The smallest absolute Gasteiger partial charge is 0.138 e. The quantitative estimate of drug-likeness (QED) is 0.383. The third-order valence-electron chi connectivity index (χ3n) is 12.2. The summed E-state index contributed by atoms with van der Waals surface area (Å²) in [5.74, 6) is 1.61. The summed E-state index contributed by atoms with van der Waals surface area (Å²) in [4.78, 5) is 12.9. The van der Waals surface area contributed by atoms with Crippen LogP contribution < -0.4 is 0 Å². The Labute approximate surface area is 191 Å². The van der Waals surface area contributed by atoms with Crippen LogP contribution in [0.15, 0.2) is 23.3 Å². The van der Waals surface area contributed by atoms with Crippen LogP contribution in [-0.4, -0.2) is 5.78 Å². The first-order valence-corrected chi connectivity index (χ1v) is 13.2. The monoisotopic (exact) mass is 422 g/mol. The second kappa shape index (κ2) is 6.18. The molecule has 0 N–H and O–H groups in total. The molecule has 6 unspecified atom stereocenters. The highest BCUT2D eigenvalue weighted by molar-refractivity contribution is 5.85. The first-order valence-electron chi connectivity index (χ1n) is 13.2. The molecule has 0 amide bonds. The number of ketones is 1. The number of carbonyl (C=O) groups excluding carboxylic acids is 1. The Morgan fingerprint density at radius 1 is 0.839 bits per heavy atom. The Bertz CT molecular complexity index is 886. The maximum Gasteiger partial charge on any atom is 0.138 e. The van der Waals surface area contributed by atoms with Gasteiger partial charge in [0.2, 0.25) is 0 Å². The van der Waals surface area contributed by atoms with E-state index in [4.69, 9.17) is 0 Å². The highest BCUT2D eigenvalue weighted by atomic mass is 16.1. The van der Waals surface area contributed by atoms with E-state index in [9.17, 15) is 4.79 Å². The molecule has 31 heavy (non-hydrogen) atoms. The summed E-state index contributed by atoms with van der Waals surface area (Å²) in [6.45, 7) is 19.9. The predicted molar refractivity (Wildman–Crippen MR) is 130 cm³/mol. The Kier molecular flexibility index (Phi) is 4.38. The minimum absolute atomic E-state index is 0.166. The van der Waals surface area contributed by atoms with E-state index in [1.165, 1.54) is 44.9 Å². The first-order chi connectivity index (χ1) is 14.2. The molecule has 3 fully saturated rings. The first kappa shape index (κ1) is 22.0. The molecule has 6 atom stereocenters. The van der Waals surface area contributed by atoms with Crippen LogP contribution in [0.5, 0.6) is 0 Å². The van der Waals surface area contributed by atoms with Crippen molar-refractivity contribution in [2.75, 3.05) is 0 Å². The molecule has 0 spiro atoms. The van der Waals surface area contributed by atoms with Crippen molar-refractivity contribution in [3.05, 3.63) is 23.3 Å². The van der Waals surface area contributed by atoms with Gasteiger partial charge in [0.1, 0.15) is 5.78 Å². The zero-order valence-electron chi connectivity index (χ0n) is 21.6. The topological polar surface area (TPSA) is 17.1 Å². The van der Waals surface area contributed by atoms with Gasteiger partial charge >= 0.3 is 0 Å². The van der Waals surface area contributed by atoms with E-state index in [2.05, 4.69) is 67.5 Å². The second-order valence-corrected chi connectivity index (χ2v) is 14.6. The third-order valence-corrected chi connectivity index (χ3v) is 12.2. The fourth-order valence-corrected chi connectivity index (χ4v) is 9.64. The van der Waals surface area contributed by atoms with Crippen LogP contribution >= 0.6 is 0 Å². The number of fused-ring (bicyclic) bond motifs is 6. The van der Waals surface area contributed by atoms with Crippen LogP contribution in [0.4, 0.5) is 0 Å². The van der Waals surface area contributed by atoms with Crippen LogP contribution in [0.1, 0.15) is 113 Å². The lowest BCUT2D eigenvalue weighted by Crippen LogP contribution is -2.62. The van der Waals surface area contributed by atoms with Crippen LogP contribution in [0, 0.1) is 44.3 Å². The van der Waals surface area contributed by atoms with Gasteiger partial charge in [-0.1, -0.05) is 73.1 Å². The molecule has 0 saturated heterocycles. The van der Waals surface area contributed by atoms with Gasteiger partial charge in [-0.05, 0) is 95.9 Å². The molecular weight excluding hydrogens is 376 g/mol. The number of allylic oxidation sites excluding steroid dienone is 4. The van der Waals surface area contributed by atoms with E-state index in [1.807, 2.05) is 0 Å². The molecule has 172 valence electrons. The molecule has 1 heteroatoms. The average molecular weight is 423 g/mol. The number of carbonyl (C=O) groups is 1. The van der Waals surface area contributed by atoms with E-state index in [0.29, 0.717) is 33.9 Å². The summed E-state index contributed by atoms with van der Waals surface area (Å²) >= 11 is 0. The molecule has 5 rings (SSSR count). The minimum Gasteiger partial charge on any atom is -0.299 e. The van der Waals surface area contributed by atoms with Crippen LogP contribution in [-0.2, 0) is 4.79 Å². The maximum absolute atomic E-state index is 12.9. The summed E-state index contributed by atoms with van der Waals surface area (Å²) in [5.41, 5.74) is 5.03. The maximum atomic E-state index is 12.9. The van der Waals surface area contributed by atoms with Crippen molar-refractivity contribution in [2.24, 2.45) is 44.3 Å². The number of hydrogen-bond acceptors (Lipinski definition) is 1. The summed E-state index contributed by atoms with van der Waals surface area (Å²) < 4.78 is 0. The zero-order chi connectivity index (χ0) is 22.7. The van der Waals surface area contributed by atoms with Gasteiger partial charge in [0.25, 0.3) is 0 Å². The lowest BCUT2D eigenvalue weighted by atomic mass is 9.35. The van der Waals surface area contributed by atoms with E-state index in [0.717, 1.165) is 12.8 Å². The molecule has 1 nitrogen and oxygen atoms in total. The Balaban J connectivity index is 1.66. The van der Waals surface area contributed by atoms with Crippen molar-refractivity contribution in [3.63, 3.8) is 0 Å². The van der Waals surface area contributed by atoms with Crippen molar-refractivity contribution in [3.8, 4) is 0 Å². The molecule has 5 aliphatic carbocycles. The molecule has 3 saturated carbocycles. The largest absolute Gasteiger partial charge is 0.299 e. The normalized spacial score (nSPS) is 50.3. The van der Waals surface area contributed by atoms with Gasteiger partial charge in [-0.2, -0.15) is 0 Å². The van der Waals surface area contributed by atoms with Crippen molar-refractivity contribution in [1.29, 1.82) is 0 Å². The van der Waals surface area contributed by atoms with E-state index in [-0.39, 0.29) is 16.2 Å². The minimum atomic E-state index is -0.166. The highest BCUT2D eigenvalue weighted by Gasteiger charge is 2.66. The molecule has 0 aliphatic heterocycles. The van der Waals surface area contributed by atoms with Crippen molar-refractivity contribution >= 4 is 5.78 Å². The fourth-order valence-electron chi connectivity index (χ4n) is 9.64. The van der Waals surface area contributed by atoms with Gasteiger partial charge in [0, 0.05) is 11.8 Å². The predicted octanol–water partition coefficient (Wildman–Crippen LogP) is 8.30. The fraction of sp³-hybridized carbons (Fsp3) is 0.833. The Morgan fingerprint density at radius 2 is 1.52 bits per heavy atom.